The minimum atomic E-state index is 0.00715. The largest absolute Gasteiger partial charge is 0.381 e. The van der Waals surface area contributed by atoms with E-state index in [1.165, 1.54) is 0 Å². The van der Waals surface area contributed by atoms with Crippen LogP contribution in [0.1, 0.15) is 24.1 Å². The van der Waals surface area contributed by atoms with Crippen LogP contribution in [0.2, 0.25) is 5.02 Å². The van der Waals surface area contributed by atoms with E-state index >= 15 is 0 Å². The minimum Gasteiger partial charge on any atom is -0.381 e. The molecule has 0 saturated carbocycles. The Morgan fingerprint density at radius 1 is 1.39 bits per heavy atom. The van der Waals surface area contributed by atoms with Gasteiger partial charge < -0.3 is 10.1 Å². The first kappa shape index (κ1) is 16.0. The fourth-order valence-electron chi connectivity index (χ4n) is 2.74. The van der Waals surface area contributed by atoms with E-state index in [4.69, 9.17) is 16.3 Å². The first-order chi connectivity index (χ1) is 11.1. The van der Waals surface area contributed by atoms with Crippen molar-refractivity contribution in [2.75, 3.05) is 18.5 Å². The van der Waals surface area contributed by atoms with E-state index in [0.717, 1.165) is 24.1 Å². The molecule has 1 amide bonds. The lowest BCUT2D eigenvalue weighted by atomic mass is 9.99. The second-order valence-corrected chi connectivity index (χ2v) is 6.20. The number of aryl methyl sites for hydroxylation is 1. The van der Waals surface area contributed by atoms with Gasteiger partial charge in [0.2, 0.25) is 5.91 Å². The number of benzene rings is 1. The molecule has 23 heavy (non-hydrogen) atoms. The number of rotatable bonds is 4. The van der Waals surface area contributed by atoms with Crippen LogP contribution in [0.5, 0.6) is 0 Å². The van der Waals surface area contributed by atoms with Gasteiger partial charge in [0.05, 0.1) is 12.2 Å². The quantitative estimate of drug-likeness (QED) is 0.934. The lowest BCUT2D eigenvalue weighted by molar-refractivity contribution is -0.122. The Bertz CT molecular complexity index is 693. The number of halogens is 1. The summed E-state index contributed by atoms with van der Waals surface area (Å²) in [6.45, 7) is 3.73. The number of carbonyl (C=O) groups excluding carboxylic acids is 1. The third-order valence-electron chi connectivity index (χ3n) is 4.02. The van der Waals surface area contributed by atoms with Crippen LogP contribution in [-0.2, 0) is 16.1 Å². The van der Waals surface area contributed by atoms with Gasteiger partial charge in [-0.1, -0.05) is 29.8 Å². The van der Waals surface area contributed by atoms with Gasteiger partial charge in [-0.25, -0.2) is 4.68 Å². The summed E-state index contributed by atoms with van der Waals surface area (Å²) in [7, 11) is 0. The summed E-state index contributed by atoms with van der Waals surface area (Å²) in [5, 5.41) is 8.16. The van der Waals surface area contributed by atoms with Crippen molar-refractivity contribution in [1.82, 2.24) is 9.78 Å². The molecule has 2 heterocycles. The van der Waals surface area contributed by atoms with E-state index in [1.54, 1.807) is 4.68 Å². The van der Waals surface area contributed by atoms with E-state index in [9.17, 15) is 4.79 Å². The van der Waals surface area contributed by atoms with Gasteiger partial charge >= 0.3 is 0 Å². The van der Waals surface area contributed by atoms with E-state index in [-0.39, 0.29) is 11.8 Å². The van der Waals surface area contributed by atoms with Crippen molar-refractivity contribution in [3.8, 4) is 0 Å². The molecule has 0 spiro atoms. The van der Waals surface area contributed by atoms with E-state index < -0.39 is 0 Å². The van der Waals surface area contributed by atoms with Crippen LogP contribution in [0, 0.1) is 12.8 Å². The van der Waals surface area contributed by atoms with Crippen molar-refractivity contribution < 1.29 is 9.53 Å². The molecule has 1 aliphatic rings. The monoisotopic (exact) mass is 333 g/mol. The molecule has 122 valence electrons. The average Bonchev–Trinajstić information content (AvgIpc) is 2.90. The molecule has 5 nitrogen and oxygen atoms in total. The van der Waals surface area contributed by atoms with Crippen molar-refractivity contribution in [1.29, 1.82) is 0 Å². The van der Waals surface area contributed by atoms with Crippen molar-refractivity contribution in [3.05, 3.63) is 46.6 Å². The Balaban J connectivity index is 1.75. The van der Waals surface area contributed by atoms with Gasteiger partial charge in [-0.15, -0.1) is 0 Å². The standard InChI is InChI=1S/C17H20ClN3O2/c1-12-10-16(19-17(22)13-6-8-23-9-7-13)21(20-12)11-14-4-2-3-5-15(14)18/h2-5,10,13H,6-9,11H2,1H3,(H,19,22). The molecule has 0 unspecified atom stereocenters. The highest BCUT2D eigenvalue weighted by atomic mass is 35.5. The highest BCUT2D eigenvalue weighted by Gasteiger charge is 2.22. The number of anilines is 1. The second-order valence-electron chi connectivity index (χ2n) is 5.80. The molecule has 1 aromatic carbocycles. The van der Waals surface area contributed by atoms with E-state index in [2.05, 4.69) is 10.4 Å². The smallest absolute Gasteiger partial charge is 0.228 e. The predicted octanol–water partition coefficient (Wildman–Crippen LogP) is 3.26. The Kier molecular flexibility index (Phi) is 4.98. The van der Waals surface area contributed by atoms with Gasteiger partial charge in [-0.2, -0.15) is 5.10 Å². The van der Waals surface area contributed by atoms with Gasteiger partial charge in [-0.3, -0.25) is 4.79 Å². The maximum atomic E-state index is 12.4. The molecular weight excluding hydrogens is 314 g/mol. The molecule has 1 saturated heterocycles. The topological polar surface area (TPSA) is 56.1 Å². The van der Waals surface area contributed by atoms with E-state index in [0.29, 0.717) is 30.6 Å². The molecule has 1 fully saturated rings. The summed E-state index contributed by atoms with van der Waals surface area (Å²) in [6, 6.07) is 9.54. The van der Waals surface area contributed by atoms with Crippen LogP contribution in [0.4, 0.5) is 5.82 Å². The SMILES string of the molecule is Cc1cc(NC(=O)C2CCOCC2)n(Cc2ccccc2Cl)n1. The Morgan fingerprint density at radius 2 is 2.13 bits per heavy atom. The van der Waals surface area contributed by atoms with Crippen molar-refractivity contribution in [2.24, 2.45) is 5.92 Å². The van der Waals surface area contributed by atoms with Crippen molar-refractivity contribution >= 4 is 23.3 Å². The van der Waals surface area contributed by atoms with Gasteiger partial charge in [0.25, 0.3) is 0 Å². The molecule has 2 aromatic rings. The maximum absolute atomic E-state index is 12.4. The summed E-state index contributed by atoms with van der Waals surface area (Å²) < 4.78 is 7.09. The molecule has 0 radical (unpaired) electrons. The molecule has 0 atom stereocenters. The summed E-state index contributed by atoms with van der Waals surface area (Å²) in [5.74, 6) is 0.750. The first-order valence-electron chi connectivity index (χ1n) is 7.80. The number of hydrogen-bond donors (Lipinski definition) is 1. The van der Waals surface area contributed by atoms with Crippen molar-refractivity contribution in [3.63, 3.8) is 0 Å². The van der Waals surface area contributed by atoms with Crippen molar-refractivity contribution in [2.45, 2.75) is 26.3 Å². The number of hydrogen-bond acceptors (Lipinski definition) is 3. The molecule has 0 aliphatic carbocycles. The molecule has 6 heteroatoms. The number of aromatic nitrogens is 2. The zero-order chi connectivity index (χ0) is 16.2. The average molecular weight is 334 g/mol. The summed E-state index contributed by atoms with van der Waals surface area (Å²) in [4.78, 5) is 12.4. The van der Waals surface area contributed by atoms with Crippen LogP contribution in [0.15, 0.2) is 30.3 Å². The lowest BCUT2D eigenvalue weighted by Gasteiger charge is -2.21. The fourth-order valence-corrected chi connectivity index (χ4v) is 2.94. The van der Waals surface area contributed by atoms with Crippen LogP contribution in [-0.4, -0.2) is 28.9 Å². The van der Waals surface area contributed by atoms with Gasteiger partial charge in [0.15, 0.2) is 0 Å². The third kappa shape index (κ3) is 3.92. The third-order valence-corrected chi connectivity index (χ3v) is 4.39. The highest BCUT2D eigenvalue weighted by molar-refractivity contribution is 6.31. The number of amides is 1. The normalized spacial score (nSPS) is 15.6. The highest BCUT2D eigenvalue weighted by Crippen LogP contribution is 2.21. The first-order valence-corrected chi connectivity index (χ1v) is 8.18. The number of nitrogens with one attached hydrogen (secondary N) is 1. The van der Waals surface area contributed by atoms with E-state index in [1.807, 2.05) is 37.3 Å². The minimum absolute atomic E-state index is 0.00715. The summed E-state index contributed by atoms with van der Waals surface area (Å²) in [6.07, 6.45) is 1.53. The molecule has 0 bridgehead atoms. The number of nitrogens with zero attached hydrogens (tertiary/aromatic N) is 2. The predicted molar refractivity (Wildman–Crippen MR) is 89.7 cm³/mol. The Morgan fingerprint density at radius 3 is 2.87 bits per heavy atom. The molecular formula is C17H20ClN3O2. The maximum Gasteiger partial charge on any atom is 0.228 e. The molecule has 1 aliphatic heterocycles. The number of ether oxygens (including phenoxy) is 1. The van der Waals surface area contributed by atoms with Crippen LogP contribution < -0.4 is 5.32 Å². The zero-order valence-electron chi connectivity index (χ0n) is 13.1. The fraction of sp³-hybridized carbons (Fsp3) is 0.412. The molecule has 1 N–H and O–H groups in total. The zero-order valence-corrected chi connectivity index (χ0v) is 13.8. The van der Waals surface area contributed by atoms with Gasteiger partial charge in [0, 0.05) is 30.2 Å². The second kappa shape index (κ2) is 7.15. The summed E-state index contributed by atoms with van der Waals surface area (Å²) >= 11 is 6.22. The van der Waals surface area contributed by atoms with Gasteiger partial charge in [-0.05, 0) is 31.4 Å². The molecule has 1 aromatic heterocycles. The Labute approximate surface area is 140 Å². The lowest BCUT2D eigenvalue weighted by Crippen LogP contribution is -2.29. The van der Waals surface area contributed by atoms with Crippen LogP contribution in [0.25, 0.3) is 0 Å². The Hall–Kier alpha value is -1.85. The summed E-state index contributed by atoms with van der Waals surface area (Å²) in [5.41, 5.74) is 1.83. The van der Waals surface area contributed by atoms with Crippen LogP contribution in [0.3, 0.4) is 0 Å². The van der Waals surface area contributed by atoms with Crippen LogP contribution >= 0.6 is 11.6 Å². The number of carbonyl (C=O) groups is 1. The van der Waals surface area contributed by atoms with Gasteiger partial charge in [0.1, 0.15) is 5.82 Å². The molecule has 3 rings (SSSR count).